The van der Waals surface area contributed by atoms with Gasteiger partial charge in [0.05, 0.1) is 12.0 Å². The molecule has 0 aliphatic heterocycles. The Hall–Kier alpha value is -2.41. The molecule has 114 valence electrons. The molecule has 0 aromatic heterocycles. The predicted molar refractivity (Wildman–Crippen MR) is 89.2 cm³/mol. The van der Waals surface area contributed by atoms with E-state index in [0.29, 0.717) is 17.8 Å². The third kappa shape index (κ3) is 3.82. The zero-order valence-corrected chi connectivity index (χ0v) is 13.4. The van der Waals surface area contributed by atoms with Crippen LogP contribution in [-0.2, 0) is 6.54 Å². The molecule has 22 heavy (non-hydrogen) atoms. The van der Waals surface area contributed by atoms with Gasteiger partial charge in [0.25, 0.3) is 5.69 Å². The lowest BCUT2D eigenvalue weighted by molar-refractivity contribution is -0.384. The van der Waals surface area contributed by atoms with Crippen molar-refractivity contribution in [1.29, 1.82) is 5.41 Å². The highest BCUT2D eigenvalue weighted by molar-refractivity contribution is 9.18. The SMILES string of the molecule is COc1ccc(CNc2ccc([N+](=O)[O-])cc2C(=N)Br)cc1. The van der Waals surface area contributed by atoms with E-state index in [1.165, 1.54) is 12.1 Å². The Kier molecular flexibility index (Phi) is 5.11. The first-order valence-electron chi connectivity index (χ1n) is 6.41. The summed E-state index contributed by atoms with van der Waals surface area (Å²) in [5.74, 6) is 0.780. The number of rotatable bonds is 6. The van der Waals surface area contributed by atoms with Crippen LogP contribution in [0.3, 0.4) is 0 Å². The molecule has 0 fully saturated rings. The molecule has 0 aliphatic rings. The Balaban J connectivity index is 2.17. The van der Waals surface area contributed by atoms with E-state index in [1.807, 2.05) is 24.3 Å². The lowest BCUT2D eigenvalue weighted by atomic mass is 10.1. The van der Waals surface area contributed by atoms with Crippen molar-refractivity contribution in [1.82, 2.24) is 0 Å². The van der Waals surface area contributed by atoms with Crippen LogP contribution in [0.2, 0.25) is 0 Å². The van der Waals surface area contributed by atoms with Gasteiger partial charge in [0.2, 0.25) is 0 Å². The van der Waals surface area contributed by atoms with Gasteiger partial charge < -0.3 is 10.1 Å². The first kappa shape index (κ1) is 16.0. The number of hydrogen-bond donors (Lipinski definition) is 2. The number of benzene rings is 2. The average molecular weight is 364 g/mol. The van der Waals surface area contributed by atoms with Gasteiger partial charge in [0, 0.05) is 29.9 Å². The number of halogens is 1. The Morgan fingerprint density at radius 1 is 1.32 bits per heavy atom. The fraction of sp³-hybridized carbons (Fsp3) is 0.133. The van der Waals surface area contributed by atoms with Crippen molar-refractivity contribution < 1.29 is 9.66 Å². The predicted octanol–water partition coefficient (Wildman–Crippen LogP) is 3.94. The second-order valence-corrected chi connectivity index (χ2v) is 5.30. The molecule has 0 heterocycles. The highest BCUT2D eigenvalue weighted by Gasteiger charge is 2.12. The molecule has 6 nitrogen and oxygen atoms in total. The molecule has 0 bridgehead atoms. The van der Waals surface area contributed by atoms with E-state index in [1.54, 1.807) is 13.2 Å². The maximum Gasteiger partial charge on any atom is 0.270 e. The van der Waals surface area contributed by atoms with Crippen molar-refractivity contribution in [3.8, 4) is 5.75 Å². The molecule has 7 heteroatoms. The van der Waals surface area contributed by atoms with Gasteiger partial charge in [-0.3, -0.25) is 15.5 Å². The number of methoxy groups -OCH3 is 1. The van der Waals surface area contributed by atoms with Gasteiger partial charge in [0.15, 0.2) is 0 Å². The number of anilines is 1. The third-order valence-corrected chi connectivity index (χ3v) is 3.52. The monoisotopic (exact) mass is 363 g/mol. The number of nitrogens with one attached hydrogen (secondary N) is 2. The lowest BCUT2D eigenvalue weighted by Gasteiger charge is -2.11. The maximum atomic E-state index is 10.8. The molecule has 0 saturated heterocycles. The molecular weight excluding hydrogens is 350 g/mol. The molecule has 2 rings (SSSR count). The van der Waals surface area contributed by atoms with E-state index >= 15 is 0 Å². The lowest BCUT2D eigenvalue weighted by Crippen LogP contribution is -2.04. The van der Waals surface area contributed by atoms with Crippen LogP contribution < -0.4 is 10.1 Å². The Morgan fingerprint density at radius 2 is 2.00 bits per heavy atom. The van der Waals surface area contributed by atoms with Crippen LogP contribution in [-0.4, -0.2) is 16.7 Å². The summed E-state index contributed by atoms with van der Waals surface area (Å²) in [7, 11) is 1.61. The number of nitrogens with zero attached hydrogens (tertiary/aromatic N) is 1. The maximum absolute atomic E-state index is 10.8. The number of ether oxygens (including phenoxy) is 1. The summed E-state index contributed by atoms with van der Waals surface area (Å²) in [5.41, 5.74) is 2.09. The first-order valence-corrected chi connectivity index (χ1v) is 7.20. The van der Waals surface area contributed by atoms with Crippen LogP contribution in [0, 0.1) is 15.5 Å². The van der Waals surface area contributed by atoms with E-state index < -0.39 is 4.92 Å². The van der Waals surface area contributed by atoms with E-state index in [0.717, 1.165) is 11.3 Å². The van der Waals surface area contributed by atoms with Gasteiger partial charge >= 0.3 is 0 Å². The van der Waals surface area contributed by atoms with Crippen molar-refractivity contribution in [2.24, 2.45) is 0 Å². The van der Waals surface area contributed by atoms with Gasteiger partial charge in [-0.05, 0) is 39.7 Å². The molecule has 2 aromatic rings. The van der Waals surface area contributed by atoms with Crippen molar-refractivity contribution >= 4 is 31.9 Å². The number of nitro groups is 1. The van der Waals surface area contributed by atoms with Gasteiger partial charge in [0.1, 0.15) is 10.4 Å². The summed E-state index contributed by atoms with van der Waals surface area (Å²) in [5, 5.41) is 21.7. The molecule has 0 unspecified atom stereocenters. The minimum absolute atomic E-state index is 0.0470. The second kappa shape index (κ2) is 7.04. The van der Waals surface area contributed by atoms with Crippen LogP contribution >= 0.6 is 15.9 Å². The minimum atomic E-state index is -0.479. The largest absolute Gasteiger partial charge is 0.497 e. The van der Waals surface area contributed by atoms with E-state index in [9.17, 15) is 10.1 Å². The van der Waals surface area contributed by atoms with Crippen molar-refractivity contribution in [2.45, 2.75) is 6.54 Å². The fourth-order valence-electron chi connectivity index (χ4n) is 1.92. The highest BCUT2D eigenvalue weighted by Crippen LogP contribution is 2.25. The summed E-state index contributed by atoms with van der Waals surface area (Å²) < 4.78 is 5.19. The van der Waals surface area contributed by atoms with Crippen molar-refractivity contribution in [3.63, 3.8) is 0 Å². The Bertz CT molecular complexity index is 702. The molecule has 0 spiro atoms. The van der Waals surface area contributed by atoms with E-state index in [2.05, 4.69) is 21.2 Å². The van der Waals surface area contributed by atoms with Gasteiger partial charge in [-0.25, -0.2) is 0 Å². The molecule has 0 atom stereocenters. The van der Waals surface area contributed by atoms with Crippen LogP contribution in [0.5, 0.6) is 5.75 Å². The van der Waals surface area contributed by atoms with Gasteiger partial charge in [-0.15, -0.1) is 0 Å². The summed E-state index contributed by atoms with van der Waals surface area (Å²) in [6.07, 6.45) is 0. The number of hydrogen-bond acceptors (Lipinski definition) is 5. The third-order valence-electron chi connectivity index (χ3n) is 3.09. The van der Waals surface area contributed by atoms with E-state index in [4.69, 9.17) is 10.1 Å². The molecule has 0 radical (unpaired) electrons. The van der Waals surface area contributed by atoms with Gasteiger partial charge in [-0.1, -0.05) is 12.1 Å². The number of nitro benzene ring substituents is 1. The molecule has 2 N–H and O–H groups in total. The molecule has 0 saturated carbocycles. The zero-order chi connectivity index (χ0) is 16.1. The summed E-state index contributed by atoms with van der Waals surface area (Å²) in [4.78, 5) is 10.3. The normalized spacial score (nSPS) is 10.1. The smallest absolute Gasteiger partial charge is 0.270 e. The van der Waals surface area contributed by atoms with E-state index in [-0.39, 0.29) is 10.3 Å². The average Bonchev–Trinajstić information content (AvgIpc) is 2.53. The molecular formula is C15H14BrN3O3. The highest BCUT2D eigenvalue weighted by atomic mass is 79.9. The summed E-state index contributed by atoms with van der Waals surface area (Å²) in [6.45, 7) is 0.537. The zero-order valence-electron chi connectivity index (χ0n) is 11.8. The Labute approximate surface area is 135 Å². The van der Waals surface area contributed by atoms with Crippen LogP contribution in [0.1, 0.15) is 11.1 Å². The fourth-order valence-corrected chi connectivity index (χ4v) is 2.25. The summed E-state index contributed by atoms with van der Waals surface area (Å²) >= 11 is 3.07. The number of non-ortho nitro benzene ring substituents is 1. The topological polar surface area (TPSA) is 88.2 Å². The quantitative estimate of drug-likeness (QED) is 0.462. The van der Waals surface area contributed by atoms with Gasteiger partial charge in [-0.2, -0.15) is 0 Å². The van der Waals surface area contributed by atoms with Crippen molar-refractivity contribution in [2.75, 3.05) is 12.4 Å². The summed E-state index contributed by atoms with van der Waals surface area (Å²) in [6, 6.07) is 12.0. The standard InChI is InChI=1S/C15H14BrN3O3/c1-22-12-5-2-10(3-6-12)9-18-14-7-4-11(19(20)21)8-13(14)15(16)17/h2-8,17-18H,9H2,1H3. The molecule has 0 amide bonds. The van der Waals surface area contributed by atoms with Crippen molar-refractivity contribution in [3.05, 3.63) is 63.7 Å². The molecule has 0 aliphatic carbocycles. The van der Waals surface area contributed by atoms with Crippen LogP contribution in [0.15, 0.2) is 42.5 Å². The first-order chi connectivity index (χ1) is 10.5. The molecule has 2 aromatic carbocycles. The second-order valence-electron chi connectivity index (χ2n) is 4.50. The Morgan fingerprint density at radius 3 is 2.55 bits per heavy atom. The minimum Gasteiger partial charge on any atom is -0.497 e. The van der Waals surface area contributed by atoms with Crippen LogP contribution in [0.25, 0.3) is 0 Å². The van der Waals surface area contributed by atoms with Crippen LogP contribution in [0.4, 0.5) is 11.4 Å².